The molecule has 0 atom stereocenters. The molecule has 0 amide bonds. The van der Waals surface area contributed by atoms with E-state index in [2.05, 4.69) is 4.98 Å². The molecule has 72 valence electrons. The van der Waals surface area contributed by atoms with Crippen molar-refractivity contribution >= 4 is 34.1 Å². The molecule has 0 aliphatic carbocycles. The van der Waals surface area contributed by atoms with Gasteiger partial charge in [-0.15, -0.1) is 0 Å². The van der Waals surface area contributed by atoms with Gasteiger partial charge in [0, 0.05) is 6.07 Å². The van der Waals surface area contributed by atoms with Crippen LogP contribution in [-0.2, 0) is 0 Å². The summed E-state index contributed by atoms with van der Waals surface area (Å²) in [5, 5.41) is 10.5. The number of aromatic nitrogens is 1. The zero-order chi connectivity index (χ0) is 10.3. The molecule has 0 unspecified atom stereocenters. The second-order valence-electron chi connectivity index (χ2n) is 2.80. The van der Waals surface area contributed by atoms with Crippen LogP contribution in [0.3, 0.4) is 0 Å². The fourth-order valence-electron chi connectivity index (χ4n) is 1.28. The quantitative estimate of drug-likeness (QED) is 0.730. The van der Waals surface area contributed by atoms with Crippen LogP contribution < -0.4 is 5.56 Å². The normalized spacial score (nSPS) is 10.7. The lowest BCUT2D eigenvalue weighted by Crippen LogP contribution is -2.03. The highest BCUT2D eigenvalue weighted by Gasteiger charge is 2.08. The number of H-pyrrole nitrogens is 1. The first-order valence-electron chi connectivity index (χ1n) is 3.79. The summed E-state index contributed by atoms with van der Waals surface area (Å²) in [5.74, 6) is -0.170. The molecule has 2 aromatic rings. The van der Waals surface area contributed by atoms with Crippen LogP contribution in [0, 0.1) is 0 Å². The lowest BCUT2D eigenvalue weighted by molar-refractivity contribution is 0.480. The number of aromatic hydroxyl groups is 1. The van der Waals surface area contributed by atoms with Gasteiger partial charge in [-0.05, 0) is 12.1 Å². The molecular formula is C9H5Cl2NO2. The van der Waals surface area contributed by atoms with E-state index in [1.165, 1.54) is 0 Å². The number of benzene rings is 1. The van der Waals surface area contributed by atoms with Crippen molar-refractivity contribution in [1.29, 1.82) is 0 Å². The SMILES string of the molecule is O=c1cc(O)c2c(Cl)ccc(Cl)c2[nH]1. The summed E-state index contributed by atoms with van der Waals surface area (Å²) in [4.78, 5) is 13.6. The highest BCUT2D eigenvalue weighted by atomic mass is 35.5. The second kappa shape index (κ2) is 3.19. The van der Waals surface area contributed by atoms with E-state index >= 15 is 0 Å². The first kappa shape index (κ1) is 9.37. The van der Waals surface area contributed by atoms with E-state index in [-0.39, 0.29) is 5.75 Å². The summed E-state index contributed by atoms with van der Waals surface area (Å²) >= 11 is 11.7. The Hall–Kier alpha value is -1.19. The topological polar surface area (TPSA) is 53.1 Å². The third-order valence-corrected chi connectivity index (χ3v) is 2.51. The number of halogens is 2. The highest BCUT2D eigenvalue weighted by molar-refractivity contribution is 6.40. The number of aromatic amines is 1. The minimum absolute atomic E-state index is 0.170. The van der Waals surface area contributed by atoms with Crippen molar-refractivity contribution in [3.8, 4) is 5.75 Å². The van der Waals surface area contributed by atoms with Crippen LogP contribution in [0.1, 0.15) is 0 Å². The van der Waals surface area contributed by atoms with Crippen LogP contribution in [0.4, 0.5) is 0 Å². The number of nitrogens with one attached hydrogen (secondary N) is 1. The van der Waals surface area contributed by atoms with Crippen molar-refractivity contribution in [2.45, 2.75) is 0 Å². The predicted molar refractivity (Wildman–Crippen MR) is 56.3 cm³/mol. The zero-order valence-corrected chi connectivity index (χ0v) is 8.36. The Balaban J connectivity index is 3.07. The summed E-state index contributed by atoms with van der Waals surface area (Å²) in [6.45, 7) is 0. The Bertz CT molecular complexity index is 562. The van der Waals surface area contributed by atoms with Crippen LogP contribution in [-0.4, -0.2) is 10.1 Å². The van der Waals surface area contributed by atoms with Crippen molar-refractivity contribution < 1.29 is 5.11 Å². The van der Waals surface area contributed by atoms with Crippen LogP contribution in [0.15, 0.2) is 23.0 Å². The molecule has 0 saturated heterocycles. The molecule has 1 aromatic heterocycles. The van der Waals surface area contributed by atoms with Crippen molar-refractivity contribution in [1.82, 2.24) is 4.98 Å². The molecule has 2 rings (SSSR count). The highest BCUT2D eigenvalue weighted by Crippen LogP contribution is 2.32. The van der Waals surface area contributed by atoms with E-state index < -0.39 is 5.56 Å². The first-order valence-corrected chi connectivity index (χ1v) is 4.55. The Labute approximate surface area is 88.9 Å². The van der Waals surface area contributed by atoms with Gasteiger partial charge in [-0.3, -0.25) is 4.79 Å². The monoisotopic (exact) mass is 229 g/mol. The second-order valence-corrected chi connectivity index (χ2v) is 3.61. The van der Waals surface area contributed by atoms with Crippen LogP contribution >= 0.6 is 23.2 Å². The molecule has 0 fully saturated rings. The summed E-state index contributed by atoms with van der Waals surface area (Å²) < 4.78 is 0. The van der Waals surface area contributed by atoms with Gasteiger partial charge in [-0.25, -0.2) is 0 Å². The van der Waals surface area contributed by atoms with E-state index in [9.17, 15) is 9.90 Å². The average Bonchev–Trinajstić information content (AvgIpc) is 2.10. The summed E-state index contributed by atoms with van der Waals surface area (Å²) in [7, 11) is 0. The van der Waals surface area contributed by atoms with Gasteiger partial charge in [-0.2, -0.15) is 0 Å². The Morgan fingerprint density at radius 3 is 2.57 bits per heavy atom. The number of hydrogen-bond acceptors (Lipinski definition) is 2. The van der Waals surface area contributed by atoms with Gasteiger partial charge in [0.25, 0.3) is 5.56 Å². The lowest BCUT2D eigenvalue weighted by Gasteiger charge is -2.03. The zero-order valence-electron chi connectivity index (χ0n) is 6.84. The maximum Gasteiger partial charge on any atom is 0.252 e. The van der Waals surface area contributed by atoms with Crippen molar-refractivity contribution in [3.63, 3.8) is 0 Å². The molecule has 0 aliphatic heterocycles. The van der Waals surface area contributed by atoms with Crippen LogP contribution in [0.25, 0.3) is 10.9 Å². The number of rotatable bonds is 0. The van der Waals surface area contributed by atoms with Crippen LogP contribution in [0.5, 0.6) is 5.75 Å². The Morgan fingerprint density at radius 1 is 1.21 bits per heavy atom. The molecular weight excluding hydrogens is 225 g/mol. The van der Waals surface area contributed by atoms with Gasteiger partial charge in [0.2, 0.25) is 0 Å². The standard InChI is InChI=1S/C9H5Cl2NO2/c10-4-1-2-5(11)9-8(4)6(13)3-7(14)12-9/h1-3H,(H2,12,13,14). The third-order valence-electron chi connectivity index (χ3n) is 1.88. The largest absolute Gasteiger partial charge is 0.507 e. The minimum Gasteiger partial charge on any atom is -0.507 e. The Morgan fingerprint density at radius 2 is 1.86 bits per heavy atom. The van der Waals surface area contributed by atoms with Gasteiger partial charge < -0.3 is 10.1 Å². The Kier molecular flexibility index (Phi) is 2.13. The average molecular weight is 230 g/mol. The molecule has 0 bridgehead atoms. The number of fused-ring (bicyclic) bond motifs is 1. The van der Waals surface area contributed by atoms with E-state index in [0.717, 1.165) is 6.07 Å². The smallest absolute Gasteiger partial charge is 0.252 e. The molecule has 0 spiro atoms. The molecule has 5 heteroatoms. The molecule has 2 N–H and O–H groups in total. The molecule has 1 heterocycles. The van der Waals surface area contributed by atoms with Gasteiger partial charge >= 0.3 is 0 Å². The maximum atomic E-state index is 11.1. The fraction of sp³-hybridized carbons (Fsp3) is 0. The van der Waals surface area contributed by atoms with Gasteiger partial charge in [0.15, 0.2) is 0 Å². The number of pyridine rings is 1. The number of hydrogen-bond donors (Lipinski definition) is 2. The predicted octanol–water partition coefficient (Wildman–Crippen LogP) is 2.54. The van der Waals surface area contributed by atoms with Gasteiger partial charge in [0.05, 0.1) is 20.9 Å². The summed E-state index contributed by atoms with van der Waals surface area (Å²) in [5.41, 5.74) is -0.0664. The molecule has 0 aliphatic rings. The van der Waals surface area contributed by atoms with E-state index in [1.807, 2.05) is 0 Å². The first-order chi connectivity index (χ1) is 6.59. The summed E-state index contributed by atoms with van der Waals surface area (Å²) in [6.07, 6.45) is 0. The van der Waals surface area contributed by atoms with E-state index in [4.69, 9.17) is 23.2 Å². The molecule has 14 heavy (non-hydrogen) atoms. The van der Waals surface area contributed by atoms with Crippen molar-refractivity contribution in [2.75, 3.05) is 0 Å². The minimum atomic E-state index is -0.417. The van der Waals surface area contributed by atoms with E-state index in [1.54, 1.807) is 12.1 Å². The fourth-order valence-corrected chi connectivity index (χ4v) is 1.74. The van der Waals surface area contributed by atoms with Gasteiger partial charge in [0.1, 0.15) is 5.75 Å². The molecule has 0 saturated carbocycles. The van der Waals surface area contributed by atoms with Crippen LogP contribution in [0.2, 0.25) is 10.0 Å². The van der Waals surface area contributed by atoms with E-state index in [0.29, 0.717) is 20.9 Å². The summed E-state index contributed by atoms with van der Waals surface area (Å²) in [6, 6.07) is 4.18. The molecule has 3 nitrogen and oxygen atoms in total. The van der Waals surface area contributed by atoms with Gasteiger partial charge in [-0.1, -0.05) is 23.2 Å². The molecule has 0 radical (unpaired) electrons. The lowest BCUT2D eigenvalue weighted by atomic mass is 10.2. The van der Waals surface area contributed by atoms with Crippen molar-refractivity contribution in [2.24, 2.45) is 0 Å². The third kappa shape index (κ3) is 1.35. The van der Waals surface area contributed by atoms with Crippen molar-refractivity contribution in [3.05, 3.63) is 38.6 Å². The molecule has 1 aromatic carbocycles. The maximum absolute atomic E-state index is 11.1.